The number of hydrogen-bond donors (Lipinski definition) is 2. The first-order valence-corrected chi connectivity index (χ1v) is 12.0. The molecule has 2 rings (SSSR count). The van der Waals surface area contributed by atoms with E-state index in [2.05, 4.69) is 109 Å². The minimum Gasteiger partial charge on any atom is -0.507 e. The van der Waals surface area contributed by atoms with E-state index < -0.39 is 0 Å². The van der Waals surface area contributed by atoms with Gasteiger partial charge in [0.05, 0.1) is 0 Å². The molecule has 0 saturated carbocycles. The Morgan fingerprint density at radius 2 is 0.788 bits per heavy atom. The summed E-state index contributed by atoms with van der Waals surface area (Å²) in [5.74, 6) is 0.890. The van der Waals surface area contributed by atoms with Gasteiger partial charge in [0.15, 0.2) is 0 Å². The van der Waals surface area contributed by atoms with Crippen LogP contribution in [0.4, 0.5) is 0 Å². The van der Waals surface area contributed by atoms with E-state index in [9.17, 15) is 10.2 Å². The molecule has 0 spiro atoms. The van der Waals surface area contributed by atoms with Crippen LogP contribution >= 0.6 is 0 Å². The Bertz CT molecular complexity index is 912. The van der Waals surface area contributed by atoms with Crippen LogP contribution in [0.2, 0.25) is 0 Å². The number of benzene rings is 2. The van der Waals surface area contributed by atoms with Crippen molar-refractivity contribution in [2.45, 2.75) is 112 Å². The van der Waals surface area contributed by atoms with Gasteiger partial charge in [-0.2, -0.15) is 0 Å². The molecule has 0 aliphatic carbocycles. The van der Waals surface area contributed by atoms with Crippen molar-refractivity contribution < 1.29 is 10.2 Å². The molecule has 0 radical (unpaired) electrons. The predicted molar refractivity (Wildman–Crippen MR) is 146 cm³/mol. The monoisotopic (exact) mass is 452 g/mol. The van der Waals surface area contributed by atoms with Crippen LogP contribution in [-0.2, 0) is 21.7 Å². The largest absolute Gasteiger partial charge is 0.507 e. The lowest BCUT2D eigenvalue weighted by atomic mass is 9.78. The Balaban J connectivity index is 0.000000331. The number of rotatable bonds is 1. The number of aryl methyl sites for hydroxylation is 1. The lowest BCUT2D eigenvalue weighted by Gasteiger charge is -2.27. The van der Waals surface area contributed by atoms with Gasteiger partial charge in [0.25, 0.3) is 0 Å². The minimum atomic E-state index is -0.0664. The van der Waals surface area contributed by atoms with Gasteiger partial charge in [-0.3, -0.25) is 0 Å². The summed E-state index contributed by atoms with van der Waals surface area (Å²) in [7, 11) is 0. The standard InChI is InChI=1S/C16H24O.C15H24O/c1-8-11-9-12(15(2,3)4)14(17)13(10-11)16(5,6)7;1-10-8-11(14(2,3)4)13(16)12(9-10)15(5,6)7/h8-10,17H,1H2,2-7H3;8-9,16H,1-7H3. The maximum atomic E-state index is 10.4. The van der Waals surface area contributed by atoms with Crippen LogP contribution in [0.5, 0.6) is 11.5 Å². The first-order chi connectivity index (χ1) is 14.6. The third-order valence-electron chi connectivity index (χ3n) is 5.85. The van der Waals surface area contributed by atoms with E-state index in [0.717, 1.165) is 27.8 Å². The smallest absolute Gasteiger partial charge is 0.123 e. The summed E-state index contributed by atoms with van der Waals surface area (Å²) < 4.78 is 0. The van der Waals surface area contributed by atoms with Gasteiger partial charge in [0.1, 0.15) is 11.5 Å². The summed E-state index contributed by atoms with van der Waals surface area (Å²) in [4.78, 5) is 0. The third kappa shape index (κ3) is 7.39. The highest BCUT2D eigenvalue weighted by Gasteiger charge is 2.27. The summed E-state index contributed by atoms with van der Waals surface area (Å²) >= 11 is 0. The molecule has 2 aromatic carbocycles. The van der Waals surface area contributed by atoms with Crippen molar-refractivity contribution in [3.05, 3.63) is 64.2 Å². The Kier molecular flexibility index (Phi) is 8.35. The van der Waals surface area contributed by atoms with Gasteiger partial charge < -0.3 is 10.2 Å². The molecule has 0 amide bonds. The lowest BCUT2D eigenvalue weighted by Crippen LogP contribution is -2.17. The average Bonchev–Trinajstić information content (AvgIpc) is 2.60. The topological polar surface area (TPSA) is 40.5 Å². The molecule has 0 aromatic heterocycles. The summed E-state index contributed by atoms with van der Waals surface area (Å²) in [6, 6.07) is 8.23. The van der Waals surface area contributed by atoms with Crippen LogP contribution in [-0.4, -0.2) is 10.2 Å². The highest BCUT2D eigenvalue weighted by molar-refractivity contribution is 5.58. The number of phenols is 2. The molecule has 33 heavy (non-hydrogen) atoms. The molecule has 0 heterocycles. The van der Waals surface area contributed by atoms with Gasteiger partial charge in [-0.15, -0.1) is 0 Å². The Morgan fingerprint density at radius 1 is 0.545 bits per heavy atom. The molecule has 2 heteroatoms. The van der Waals surface area contributed by atoms with E-state index in [1.807, 2.05) is 18.2 Å². The fourth-order valence-electron chi connectivity index (χ4n) is 3.84. The van der Waals surface area contributed by atoms with Gasteiger partial charge in [-0.05, 0) is 57.4 Å². The van der Waals surface area contributed by atoms with Gasteiger partial charge in [-0.25, -0.2) is 0 Å². The van der Waals surface area contributed by atoms with Crippen molar-refractivity contribution in [3.63, 3.8) is 0 Å². The number of phenolic OH excluding ortho intramolecular Hbond substituents is 2. The van der Waals surface area contributed by atoms with Crippen LogP contribution in [0.3, 0.4) is 0 Å². The first kappa shape index (κ1) is 28.8. The van der Waals surface area contributed by atoms with Crippen molar-refractivity contribution in [3.8, 4) is 11.5 Å². The molecule has 0 bridgehead atoms. The quantitative estimate of drug-likeness (QED) is 0.453. The molecule has 2 N–H and O–H groups in total. The Morgan fingerprint density at radius 3 is 1.00 bits per heavy atom. The summed E-state index contributed by atoms with van der Waals surface area (Å²) in [6.07, 6.45) is 1.84. The fraction of sp³-hybridized carbons (Fsp3) is 0.548. The van der Waals surface area contributed by atoms with E-state index in [0.29, 0.717) is 11.5 Å². The first-order valence-electron chi connectivity index (χ1n) is 12.0. The van der Waals surface area contributed by atoms with Crippen LogP contribution in [0.25, 0.3) is 6.08 Å². The third-order valence-corrected chi connectivity index (χ3v) is 5.85. The van der Waals surface area contributed by atoms with Crippen molar-refractivity contribution >= 4 is 6.08 Å². The maximum Gasteiger partial charge on any atom is 0.123 e. The lowest BCUT2D eigenvalue weighted by molar-refractivity contribution is 0.422. The molecule has 184 valence electrons. The minimum absolute atomic E-state index is 0.0178. The SMILES string of the molecule is C=Cc1cc(C(C)(C)C)c(O)c(C(C)(C)C)c1.Cc1cc(C(C)(C)C)c(O)c(C(C)(C)C)c1. The molecule has 0 atom stereocenters. The van der Waals surface area contributed by atoms with Crippen molar-refractivity contribution in [2.24, 2.45) is 0 Å². The van der Waals surface area contributed by atoms with Gasteiger partial charge >= 0.3 is 0 Å². The zero-order chi connectivity index (χ0) is 26.2. The van der Waals surface area contributed by atoms with E-state index in [1.54, 1.807) is 0 Å². The van der Waals surface area contributed by atoms with Gasteiger partial charge in [0, 0.05) is 11.1 Å². The van der Waals surface area contributed by atoms with Crippen LogP contribution in [0, 0.1) is 6.92 Å². The summed E-state index contributed by atoms with van der Waals surface area (Å²) in [6.45, 7) is 31.4. The fourth-order valence-corrected chi connectivity index (χ4v) is 3.84. The van der Waals surface area contributed by atoms with Crippen LogP contribution in [0.15, 0.2) is 30.8 Å². The molecular formula is C31H48O2. The highest BCUT2D eigenvalue weighted by Crippen LogP contribution is 2.40. The molecule has 0 saturated heterocycles. The molecular weight excluding hydrogens is 404 g/mol. The zero-order valence-corrected chi connectivity index (χ0v) is 23.5. The highest BCUT2D eigenvalue weighted by atomic mass is 16.3. The second-order valence-corrected chi connectivity index (χ2v) is 13.4. The van der Waals surface area contributed by atoms with E-state index in [4.69, 9.17) is 0 Å². The molecule has 0 aliphatic rings. The Labute approximate surface area is 203 Å². The number of aromatic hydroxyl groups is 2. The Hall–Kier alpha value is -2.22. The van der Waals surface area contributed by atoms with Crippen molar-refractivity contribution in [1.82, 2.24) is 0 Å². The normalized spacial score (nSPS) is 12.8. The van der Waals surface area contributed by atoms with Crippen LogP contribution in [0.1, 0.15) is 116 Å². The van der Waals surface area contributed by atoms with E-state index in [-0.39, 0.29) is 21.7 Å². The zero-order valence-electron chi connectivity index (χ0n) is 23.5. The molecule has 2 nitrogen and oxygen atoms in total. The predicted octanol–water partition coefficient (Wildman–Crippen LogP) is 8.93. The van der Waals surface area contributed by atoms with Crippen molar-refractivity contribution in [1.29, 1.82) is 0 Å². The second-order valence-electron chi connectivity index (χ2n) is 13.4. The van der Waals surface area contributed by atoms with E-state index in [1.165, 1.54) is 5.56 Å². The second kappa shape index (κ2) is 9.57. The van der Waals surface area contributed by atoms with Gasteiger partial charge in [0.2, 0.25) is 0 Å². The molecule has 0 unspecified atom stereocenters. The van der Waals surface area contributed by atoms with E-state index >= 15 is 0 Å². The average molecular weight is 453 g/mol. The maximum absolute atomic E-state index is 10.4. The van der Waals surface area contributed by atoms with Crippen LogP contribution < -0.4 is 0 Å². The number of hydrogen-bond acceptors (Lipinski definition) is 2. The molecule has 0 aliphatic heterocycles. The molecule has 2 aromatic rings. The van der Waals surface area contributed by atoms with Crippen molar-refractivity contribution in [2.75, 3.05) is 0 Å². The van der Waals surface area contributed by atoms with Gasteiger partial charge in [-0.1, -0.05) is 113 Å². The molecule has 0 fully saturated rings. The summed E-state index contributed by atoms with van der Waals surface area (Å²) in [5, 5.41) is 20.8. The summed E-state index contributed by atoms with van der Waals surface area (Å²) in [5.41, 5.74) is 6.16.